The molecule has 2 aromatic carbocycles. The highest BCUT2D eigenvalue weighted by atomic mass is 16.6. The lowest BCUT2D eigenvalue weighted by Gasteiger charge is -2.22. The summed E-state index contributed by atoms with van der Waals surface area (Å²) in [5, 5.41) is 4.12. The quantitative estimate of drug-likeness (QED) is 0.519. The number of amides is 1. The molecule has 4 rings (SSSR count). The maximum absolute atomic E-state index is 12.1. The number of carbonyl (C=O) groups is 1. The van der Waals surface area contributed by atoms with Gasteiger partial charge in [0.1, 0.15) is 5.82 Å². The zero-order chi connectivity index (χ0) is 22.9. The lowest BCUT2D eigenvalue weighted by atomic mass is 9.95. The van der Waals surface area contributed by atoms with Crippen LogP contribution in [0.25, 0.3) is 10.9 Å². The minimum Gasteiger partial charge on any atom is -0.368 e. The molecule has 0 aliphatic heterocycles. The second-order valence-electron chi connectivity index (χ2n) is 8.01. The van der Waals surface area contributed by atoms with Crippen molar-refractivity contribution in [1.29, 1.82) is 0 Å². The summed E-state index contributed by atoms with van der Waals surface area (Å²) >= 11 is 0. The minimum atomic E-state index is 0.00153. The molecule has 0 unspecified atom stereocenters. The molecule has 1 aromatic heterocycles. The van der Waals surface area contributed by atoms with Crippen LogP contribution in [0.15, 0.2) is 48.5 Å². The van der Waals surface area contributed by atoms with Gasteiger partial charge in [0, 0.05) is 31.1 Å². The van der Waals surface area contributed by atoms with E-state index in [0.717, 1.165) is 35.2 Å². The molecule has 32 heavy (non-hydrogen) atoms. The first-order valence-electron chi connectivity index (χ1n) is 10.9. The molecule has 0 radical (unpaired) electrons. The molecule has 8 heteroatoms. The predicted octanol–water partition coefficient (Wildman–Crippen LogP) is 4.00. The number of aromatic nitrogens is 2. The molecule has 1 saturated carbocycles. The molecule has 170 valence electrons. The molecule has 1 amide bonds. The lowest BCUT2D eigenvalue weighted by molar-refractivity contribution is 0.0927. The number of rotatable bonds is 5. The molecule has 0 spiro atoms. The molecule has 1 fully saturated rings. The summed E-state index contributed by atoms with van der Waals surface area (Å²) in [5.41, 5.74) is 10.7. The van der Waals surface area contributed by atoms with Crippen molar-refractivity contribution in [1.82, 2.24) is 15.3 Å². The molecule has 0 atom stereocenters. The second-order valence-corrected chi connectivity index (χ2v) is 8.01. The number of nitrogen functional groups attached to an aromatic ring is 1. The van der Waals surface area contributed by atoms with Gasteiger partial charge >= 0.3 is 0 Å². The Morgan fingerprint density at radius 2 is 1.81 bits per heavy atom. The van der Waals surface area contributed by atoms with Crippen LogP contribution in [-0.4, -0.2) is 43.1 Å². The van der Waals surface area contributed by atoms with Gasteiger partial charge in [0.15, 0.2) is 0 Å². The van der Waals surface area contributed by atoms with Crippen molar-refractivity contribution >= 4 is 34.3 Å². The molecule has 0 saturated heterocycles. The minimum absolute atomic E-state index is 0.00153. The van der Waals surface area contributed by atoms with Crippen LogP contribution in [0.3, 0.4) is 0 Å². The van der Waals surface area contributed by atoms with Gasteiger partial charge in [0.05, 0.1) is 18.3 Å². The van der Waals surface area contributed by atoms with Gasteiger partial charge in [-0.1, -0.05) is 37.5 Å². The molecule has 4 N–H and O–H groups in total. The third-order valence-corrected chi connectivity index (χ3v) is 5.31. The molecule has 1 aliphatic rings. The number of benzene rings is 2. The first kappa shape index (κ1) is 23.3. The van der Waals surface area contributed by atoms with Gasteiger partial charge < -0.3 is 16.0 Å². The maximum Gasteiger partial charge on any atom is 0.251 e. The van der Waals surface area contributed by atoms with Crippen molar-refractivity contribution in [2.24, 2.45) is 0 Å². The number of hydrogen-bond donors (Lipinski definition) is 3. The summed E-state index contributed by atoms with van der Waals surface area (Å²) in [5.74, 6) is 1.17. The van der Waals surface area contributed by atoms with Crippen molar-refractivity contribution in [3.8, 4) is 0 Å². The van der Waals surface area contributed by atoms with E-state index in [-0.39, 0.29) is 5.91 Å². The highest BCUT2D eigenvalue weighted by Gasteiger charge is 2.16. The van der Waals surface area contributed by atoms with E-state index >= 15 is 0 Å². The number of anilines is 3. The van der Waals surface area contributed by atoms with Crippen LogP contribution >= 0.6 is 0 Å². The average Bonchev–Trinajstić information content (AvgIpc) is 2.80. The number of hydrogen-bond acceptors (Lipinski definition) is 7. The summed E-state index contributed by atoms with van der Waals surface area (Å²) in [6, 6.07) is 15.5. The van der Waals surface area contributed by atoms with E-state index < -0.39 is 0 Å². The third-order valence-electron chi connectivity index (χ3n) is 5.31. The number of nitrogens with two attached hydrogens (primary N) is 1. The predicted molar refractivity (Wildman–Crippen MR) is 130 cm³/mol. The van der Waals surface area contributed by atoms with Crippen LogP contribution in [0.4, 0.5) is 17.5 Å². The average molecular weight is 437 g/mol. The van der Waals surface area contributed by atoms with E-state index in [1.54, 1.807) is 13.2 Å². The first-order chi connectivity index (χ1) is 15.5. The largest absolute Gasteiger partial charge is 0.368 e. The number of para-hydroxylation sites is 1. The normalized spacial score (nSPS) is 13.7. The fraction of sp³-hybridized carbons (Fsp3) is 0.375. The van der Waals surface area contributed by atoms with Gasteiger partial charge in [-0.3, -0.25) is 15.1 Å². The number of fused-ring (bicyclic) bond motifs is 1. The number of nitrogens with zero attached hydrogens (tertiary/aromatic N) is 3. The van der Waals surface area contributed by atoms with Crippen molar-refractivity contribution in [2.45, 2.75) is 38.1 Å². The molecule has 8 nitrogen and oxygen atoms in total. The maximum atomic E-state index is 12.1. The van der Waals surface area contributed by atoms with Crippen LogP contribution in [0.1, 0.15) is 42.5 Å². The van der Waals surface area contributed by atoms with Crippen molar-refractivity contribution in [3.63, 3.8) is 0 Å². The number of nitrogens with one attached hydrogen (secondary N) is 2. The summed E-state index contributed by atoms with van der Waals surface area (Å²) in [7, 11) is 5.43. The summed E-state index contributed by atoms with van der Waals surface area (Å²) in [6.07, 6.45) is 5.93. The van der Waals surface area contributed by atoms with Crippen LogP contribution in [0, 0.1) is 0 Å². The molecule has 1 heterocycles. The summed E-state index contributed by atoms with van der Waals surface area (Å²) < 4.78 is 0. The fourth-order valence-corrected chi connectivity index (χ4v) is 3.78. The zero-order valence-electron chi connectivity index (χ0n) is 19.0. The molecular formula is C24H32N6O2. The Balaban J connectivity index is 0.000000186. The smallest absolute Gasteiger partial charge is 0.251 e. The Bertz CT molecular complexity index is 1030. The van der Waals surface area contributed by atoms with Gasteiger partial charge in [-0.2, -0.15) is 4.98 Å². The van der Waals surface area contributed by atoms with E-state index in [9.17, 15) is 4.79 Å². The van der Waals surface area contributed by atoms with E-state index in [2.05, 4.69) is 20.8 Å². The Labute approximate surface area is 189 Å². The van der Waals surface area contributed by atoms with E-state index in [0.29, 0.717) is 17.6 Å². The zero-order valence-corrected chi connectivity index (χ0v) is 19.0. The van der Waals surface area contributed by atoms with E-state index in [1.807, 2.05) is 61.5 Å². The highest BCUT2D eigenvalue weighted by Crippen LogP contribution is 2.22. The van der Waals surface area contributed by atoms with Crippen molar-refractivity contribution in [3.05, 3.63) is 54.1 Å². The summed E-state index contributed by atoms with van der Waals surface area (Å²) in [4.78, 5) is 27.2. The first-order valence-corrected chi connectivity index (χ1v) is 10.9. The van der Waals surface area contributed by atoms with E-state index in [1.165, 1.54) is 19.3 Å². The summed E-state index contributed by atoms with van der Waals surface area (Å²) in [6.45, 7) is 0. The Morgan fingerprint density at radius 1 is 1.06 bits per heavy atom. The molecule has 0 bridgehead atoms. The van der Waals surface area contributed by atoms with Gasteiger partial charge in [0.25, 0.3) is 5.91 Å². The van der Waals surface area contributed by atoms with Crippen LogP contribution < -0.4 is 21.4 Å². The van der Waals surface area contributed by atoms with Gasteiger partial charge in [-0.05, 0) is 43.2 Å². The molecule has 1 aliphatic carbocycles. The SMILES string of the molecule is CN(C)c1nc(N)nc2ccccc12.CONc1cccc(C(=O)NC2CCCCC2)c1. The lowest BCUT2D eigenvalue weighted by Crippen LogP contribution is -2.36. The number of carbonyl (C=O) groups excluding carboxylic acids is 1. The van der Waals surface area contributed by atoms with Gasteiger partial charge in [0.2, 0.25) is 5.95 Å². The Morgan fingerprint density at radius 3 is 2.53 bits per heavy atom. The van der Waals surface area contributed by atoms with Crippen LogP contribution in [0.5, 0.6) is 0 Å². The van der Waals surface area contributed by atoms with E-state index in [4.69, 9.17) is 10.6 Å². The monoisotopic (exact) mass is 436 g/mol. The Kier molecular flexibility index (Phi) is 8.21. The van der Waals surface area contributed by atoms with Crippen molar-refractivity contribution < 1.29 is 9.63 Å². The standard InChI is InChI=1S/C14H20N2O2.C10H12N4/c1-18-16-13-9-5-6-11(10-13)14(17)15-12-7-3-2-4-8-12;1-14(2)9-7-5-3-4-6-8(7)12-10(11)13-9/h5-6,9-10,12,16H,2-4,7-8H2,1H3,(H,15,17);3-6H,1-2H3,(H2,11,12,13). The van der Waals surface area contributed by atoms with Gasteiger partial charge in [-0.15, -0.1) is 0 Å². The van der Waals surface area contributed by atoms with Crippen LogP contribution in [-0.2, 0) is 4.84 Å². The van der Waals surface area contributed by atoms with Crippen molar-refractivity contribution in [2.75, 3.05) is 37.3 Å². The molecular weight excluding hydrogens is 404 g/mol. The Hall–Kier alpha value is -3.39. The highest BCUT2D eigenvalue weighted by molar-refractivity contribution is 5.95. The topological polar surface area (TPSA) is 105 Å². The second kappa shape index (κ2) is 11.3. The molecule has 3 aromatic rings. The third kappa shape index (κ3) is 6.31. The van der Waals surface area contributed by atoms with Crippen LogP contribution in [0.2, 0.25) is 0 Å². The fourth-order valence-electron chi connectivity index (χ4n) is 3.78. The van der Waals surface area contributed by atoms with Gasteiger partial charge in [-0.25, -0.2) is 4.98 Å².